The highest BCUT2D eigenvalue weighted by atomic mass is 16.2. The number of primary amides is 1. The third kappa shape index (κ3) is 4.04. The molecule has 3 rings (SSSR count). The van der Waals surface area contributed by atoms with Crippen molar-refractivity contribution in [3.8, 4) is 5.69 Å². The highest BCUT2D eigenvalue weighted by Crippen LogP contribution is 2.18. The summed E-state index contributed by atoms with van der Waals surface area (Å²) in [6, 6.07) is 6.20. The largest absolute Gasteiger partial charge is 0.374 e. The molecule has 1 fully saturated rings. The summed E-state index contributed by atoms with van der Waals surface area (Å²) in [6.45, 7) is 5.48. The molecule has 1 aliphatic rings. The minimum atomic E-state index is -0.269. The SMILES string of the molecule is Cc1ccc(-n2cc(NCC(=O)N3CCC(C(N)=O)CC3)cn2)c(C)c1. The Hall–Kier alpha value is -2.83. The molecule has 7 nitrogen and oxygen atoms in total. The van der Waals surface area contributed by atoms with Gasteiger partial charge in [0.15, 0.2) is 0 Å². The quantitative estimate of drug-likeness (QED) is 0.852. The lowest BCUT2D eigenvalue weighted by Gasteiger charge is -2.30. The molecule has 1 aliphatic heterocycles. The fourth-order valence-electron chi connectivity index (χ4n) is 3.31. The number of hydrogen-bond acceptors (Lipinski definition) is 4. The van der Waals surface area contributed by atoms with Crippen molar-refractivity contribution in [2.45, 2.75) is 26.7 Å². The number of likely N-dealkylation sites (tertiary alicyclic amines) is 1. The Morgan fingerprint density at radius 1 is 1.27 bits per heavy atom. The number of carbonyl (C=O) groups excluding carboxylic acids is 2. The van der Waals surface area contributed by atoms with E-state index in [9.17, 15) is 9.59 Å². The molecule has 1 aromatic carbocycles. The third-order valence-corrected chi connectivity index (χ3v) is 4.88. The number of piperidine rings is 1. The van der Waals surface area contributed by atoms with Gasteiger partial charge >= 0.3 is 0 Å². The molecule has 0 unspecified atom stereocenters. The van der Waals surface area contributed by atoms with Crippen LogP contribution in [0, 0.1) is 19.8 Å². The Bertz CT molecular complexity index is 806. The fraction of sp³-hybridized carbons (Fsp3) is 0.421. The van der Waals surface area contributed by atoms with Crippen molar-refractivity contribution >= 4 is 17.5 Å². The molecule has 0 radical (unpaired) electrons. The first-order valence-corrected chi connectivity index (χ1v) is 8.87. The van der Waals surface area contributed by atoms with Crippen LogP contribution in [0.5, 0.6) is 0 Å². The second-order valence-corrected chi connectivity index (χ2v) is 6.87. The summed E-state index contributed by atoms with van der Waals surface area (Å²) in [5.74, 6) is -0.357. The molecule has 0 atom stereocenters. The summed E-state index contributed by atoms with van der Waals surface area (Å²) < 4.78 is 1.81. The van der Waals surface area contributed by atoms with Crippen LogP contribution in [0.25, 0.3) is 5.69 Å². The van der Waals surface area contributed by atoms with Gasteiger partial charge in [-0.05, 0) is 38.3 Å². The van der Waals surface area contributed by atoms with E-state index in [4.69, 9.17) is 5.73 Å². The topological polar surface area (TPSA) is 93.3 Å². The third-order valence-electron chi connectivity index (χ3n) is 4.88. The van der Waals surface area contributed by atoms with E-state index in [2.05, 4.69) is 36.4 Å². The predicted molar refractivity (Wildman–Crippen MR) is 100 cm³/mol. The Morgan fingerprint density at radius 3 is 2.65 bits per heavy atom. The summed E-state index contributed by atoms with van der Waals surface area (Å²) in [5, 5.41) is 7.51. The molecule has 2 heterocycles. The monoisotopic (exact) mass is 355 g/mol. The van der Waals surface area contributed by atoms with E-state index in [1.165, 1.54) is 5.56 Å². The smallest absolute Gasteiger partial charge is 0.241 e. The zero-order valence-electron chi connectivity index (χ0n) is 15.2. The van der Waals surface area contributed by atoms with Crippen molar-refractivity contribution in [3.05, 3.63) is 41.7 Å². The number of nitrogens with two attached hydrogens (primary N) is 1. The first-order valence-electron chi connectivity index (χ1n) is 8.87. The van der Waals surface area contributed by atoms with Gasteiger partial charge in [0.1, 0.15) is 0 Å². The van der Waals surface area contributed by atoms with E-state index in [0.717, 1.165) is 16.9 Å². The van der Waals surface area contributed by atoms with Gasteiger partial charge in [-0.1, -0.05) is 17.7 Å². The molecular formula is C19H25N5O2. The van der Waals surface area contributed by atoms with Crippen LogP contribution in [0.3, 0.4) is 0 Å². The molecular weight excluding hydrogens is 330 g/mol. The van der Waals surface area contributed by atoms with Gasteiger partial charge in [-0.3, -0.25) is 9.59 Å². The Balaban J connectivity index is 1.55. The van der Waals surface area contributed by atoms with Crippen LogP contribution in [0.15, 0.2) is 30.6 Å². The average molecular weight is 355 g/mol. The van der Waals surface area contributed by atoms with Gasteiger partial charge in [-0.2, -0.15) is 5.10 Å². The van der Waals surface area contributed by atoms with Gasteiger partial charge in [0.2, 0.25) is 11.8 Å². The fourth-order valence-corrected chi connectivity index (χ4v) is 3.31. The van der Waals surface area contributed by atoms with Crippen LogP contribution in [0.4, 0.5) is 5.69 Å². The van der Waals surface area contributed by atoms with Crippen molar-refractivity contribution < 1.29 is 9.59 Å². The van der Waals surface area contributed by atoms with Crippen LogP contribution < -0.4 is 11.1 Å². The standard InChI is InChI=1S/C19H25N5O2/c1-13-3-4-17(14(2)9-13)24-12-16(10-22-24)21-11-18(25)23-7-5-15(6-8-23)19(20)26/h3-4,9-10,12,15,21H,5-8,11H2,1-2H3,(H2,20,26). The van der Waals surface area contributed by atoms with E-state index in [-0.39, 0.29) is 24.3 Å². The van der Waals surface area contributed by atoms with E-state index >= 15 is 0 Å². The van der Waals surface area contributed by atoms with Crippen LogP contribution in [0.2, 0.25) is 0 Å². The zero-order chi connectivity index (χ0) is 18.7. The molecule has 0 spiro atoms. The number of nitrogens with one attached hydrogen (secondary N) is 1. The molecule has 26 heavy (non-hydrogen) atoms. The molecule has 0 bridgehead atoms. The van der Waals surface area contributed by atoms with Crippen LogP contribution in [0.1, 0.15) is 24.0 Å². The van der Waals surface area contributed by atoms with Gasteiger partial charge in [-0.25, -0.2) is 4.68 Å². The number of aryl methyl sites for hydroxylation is 2. The average Bonchev–Trinajstić information content (AvgIpc) is 3.08. The lowest BCUT2D eigenvalue weighted by atomic mass is 9.96. The number of rotatable bonds is 5. The first kappa shape index (κ1) is 18.0. The summed E-state index contributed by atoms with van der Waals surface area (Å²) in [7, 11) is 0. The van der Waals surface area contributed by atoms with Gasteiger partial charge < -0.3 is 16.0 Å². The van der Waals surface area contributed by atoms with Crippen molar-refractivity contribution in [1.29, 1.82) is 0 Å². The van der Waals surface area contributed by atoms with Gasteiger partial charge in [0, 0.05) is 19.0 Å². The normalized spacial score (nSPS) is 15.1. The Kier molecular flexibility index (Phi) is 5.25. The zero-order valence-corrected chi connectivity index (χ0v) is 15.2. The van der Waals surface area contributed by atoms with Crippen molar-refractivity contribution in [3.63, 3.8) is 0 Å². The minimum absolute atomic E-state index is 0.0205. The van der Waals surface area contributed by atoms with Crippen molar-refractivity contribution in [1.82, 2.24) is 14.7 Å². The van der Waals surface area contributed by atoms with E-state index < -0.39 is 0 Å². The minimum Gasteiger partial charge on any atom is -0.374 e. The number of nitrogens with zero attached hydrogens (tertiary/aromatic N) is 3. The lowest BCUT2D eigenvalue weighted by Crippen LogP contribution is -2.43. The van der Waals surface area contributed by atoms with Crippen LogP contribution in [-0.4, -0.2) is 46.1 Å². The number of hydrogen-bond donors (Lipinski definition) is 2. The van der Waals surface area contributed by atoms with Crippen LogP contribution in [-0.2, 0) is 9.59 Å². The maximum atomic E-state index is 12.3. The summed E-state index contributed by atoms with van der Waals surface area (Å²) in [6.07, 6.45) is 4.88. The molecule has 3 N–H and O–H groups in total. The van der Waals surface area contributed by atoms with E-state index in [1.54, 1.807) is 15.8 Å². The highest BCUT2D eigenvalue weighted by molar-refractivity contribution is 5.81. The maximum Gasteiger partial charge on any atom is 0.241 e. The lowest BCUT2D eigenvalue weighted by molar-refractivity contribution is -0.133. The highest BCUT2D eigenvalue weighted by Gasteiger charge is 2.25. The van der Waals surface area contributed by atoms with Gasteiger partial charge in [0.05, 0.1) is 30.3 Å². The first-order chi connectivity index (χ1) is 12.4. The molecule has 2 amide bonds. The second-order valence-electron chi connectivity index (χ2n) is 6.87. The molecule has 1 aromatic heterocycles. The summed E-state index contributed by atoms with van der Waals surface area (Å²) in [5.41, 5.74) is 9.50. The molecule has 0 saturated carbocycles. The molecule has 138 valence electrons. The second kappa shape index (κ2) is 7.59. The summed E-state index contributed by atoms with van der Waals surface area (Å²) >= 11 is 0. The number of anilines is 1. The van der Waals surface area contributed by atoms with Crippen LogP contribution >= 0.6 is 0 Å². The molecule has 7 heteroatoms. The number of carbonyl (C=O) groups is 2. The van der Waals surface area contributed by atoms with E-state index in [0.29, 0.717) is 25.9 Å². The van der Waals surface area contributed by atoms with Crippen molar-refractivity contribution in [2.75, 3.05) is 25.0 Å². The van der Waals surface area contributed by atoms with E-state index in [1.807, 2.05) is 12.3 Å². The molecule has 1 saturated heterocycles. The van der Waals surface area contributed by atoms with Gasteiger partial charge in [0.25, 0.3) is 0 Å². The number of benzene rings is 1. The maximum absolute atomic E-state index is 12.3. The van der Waals surface area contributed by atoms with Gasteiger partial charge in [-0.15, -0.1) is 0 Å². The Morgan fingerprint density at radius 2 is 2.00 bits per heavy atom. The van der Waals surface area contributed by atoms with Crippen molar-refractivity contribution in [2.24, 2.45) is 11.7 Å². The molecule has 2 aromatic rings. The molecule has 0 aliphatic carbocycles. The summed E-state index contributed by atoms with van der Waals surface area (Å²) in [4.78, 5) is 25.3. The predicted octanol–water partition coefficient (Wildman–Crippen LogP) is 1.62. The Labute approximate surface area is 153 Å². The number of amides is 2. The number of aromatic nitrogens is 2.